The summed E-state index contributed by atoms with van der Waals surface area (Å²) in [6.45, 7) is 9.49. The Bertz CT molecular complexity index is 203. The van der Waals surface area contributed by atoms with Gasteiger partial charge >= 0.3 is 0 Å². The van der Waals surface area contributed by atoms with Gasteiger partial charge in [-0.1, -0.05) is 40.5 Å². The van der Waals surface area contributed by atoms with E-state index in [0.717, 1.165) is 18.3 Å². The molecule has 17 heavy (non-hydrogen) atoms. The van der Waals surface area contributed by atoms with Crippen LogP contribution in [0, 0.1) is 17.8 Å². The Kier molecular flexibility index (Phi) is 6.50. The maximum atomic E-state index is 9.12. The van der Waals surface area contributed by atoms with Crippen LogP contribution in [0.3, 0.4) is 0 Å². The molecule has 2 heteroatoms. The van der Waals surface area contributed by atoms with Gasteiger partial charge in [0.1, 0.15) is 0 Å². The summed E-state index contributed by atoms with van der Waals surface area (Å²) < 4.78 is 0. The Hall–Kier alpha value is -0.0800. The first-order chi connectivity index (χ1) is 8.04. The molecule has 0 aromatic heterocycles. The Morgan fingerprint density at radius 1 is 1.18 bits per heavy atom. The molecule has 2 nitrogen and oxygen atoms in total. The van der Waals surface area contributed by atoms with Gasteiger partial charge in [-0.2, -0.15) is 0 Å². The van der Waals surface area contributed by atoms with Crippen molar-refractivity contribution >= 4 is 0 Å². The SMILES string of the molecule is CC(C)C1CCCC(NC(CCO)C(C)C)C1. The summed E-state index contributed by atoms with van der Waals surface area (Å²) in [6.07, 6.45) is 6.30. The van der Waals surface area contributed by atoms with Crippen LogP contribution >= 0.6 is 0 Å². The molecule has 2 N–H and O–H groups in total. The minimum atomic E-state index is 0.302. The molecule has 1 aliphatic carbocycles. The number of aliphatic hydroxyl groups excluding tert-OH is 1. The Morgan fingerprint density at radius 2 is 1.88 bits per heavy atom. The second-order valence-corrected chi connectivity index (χ2v) is 6.40. The summed E-state index contributed by atoms with van der Waals surface area (Å²) in [6, 6.07) is 1.16. The third kappa shape index (κ3) is 4.97. The van der Waals surface area contributed by atoms with Crippen LogP contribution in [0.5, 0.6) is 0 Å². The zero-order valence-corrected chi connectivity index (χ0v) is 12.1. The van der Waals surface area contributed by atoms with Crippen LogP contribution in [0.1, 0.15) is 59.8 Å². The van der Waals surface area contributed by atoms with Gasteiger partial charge in [-0.15, -0.1) is 0 Å². The molecule has 0 aromatic carbocycles. The van der Waals surface area contributed by atoms with Crippen molar-refractivity contribution in [1.29, 1.82) is 0 Å². The van der Waals surface area contributed by atoms with E-state index in [1.807, 2.05) is 0 Å². The van der Waals surface area contributed by atoms with E-state index in [0.29, 0.717) is 24.6 Å². The third-order valence-electron chi connectivity index (χ3n) is 4.35. The van der Waals surface area contributed by atoms with Gasteiger partial charge < -0.3 is 10.4 Å². The molecule has 102 valence electrons. The van der Waals surface area contributed by atoms with E-state index < -0.39 is 0 Å². The van der Waals surface area contributed by atoms with Crippen molar-refractivity contribution < 1.29 is 5.11 Å². The van der Waals surface area contributed by atoms with Crippen LogP contribution in [0.4, 0.5) is 0 Å². The standard InChI is InChI=1S/C15H31NO/c1-11(2)13-6-5-7-14(10-13)16-15(8-9-17)12(3)4/h11-17H,5-10H2,1-4H3. The lowest BCUT2D eigenvalue weighted by Crippen LogP contribution is -2.44. The fourth-order valence-electron chi connectivity index (χ4n) is 3.04. The summed E-state index contributed by atoms with van der Waals surface area (Å²) in [5.74, 6) is 2.32. The van der Waals surface area contributed by atoms with Crippen molar-refractivity contribution in [3.8, 4) is 0 Å². The van der Waals surface area contributed by atoms with E-state index in [9.17, 15) is 0 Å². The summed E-state index contributed by atoms with van der Waals surface area (Å²) >= 11 is 0. The highest BCUT2D eigenvalue weighted by Crippen LogP contribution is 2.30. The number of hydrogen-bond donors (Lipinski definition) is 2. The summed E-state index contributed by atoms with van der Waals surface area (Å²) in [7, 11) is 0. The number of nitrogens with one attached hydrogen (secondary N) is 1. The lowest BCUT2D eigenvalue weighted by Gasteiger charge is -2.35. The van der Waals surface area contributed by atoms with E-state index in [2.05, 4.69) is 33.0 Å². The minimum absolute atomic E-state index is 0.302. The highest BCUT2D eigenvalue weighted by atomic mass is 16.3. The predicted molar refractivity (Wildman–Crippen MR) is 74.0 cm³/mol. The van der Waals surface area contributed by atoms with Gasteiger partial charge in [0.05, 0.1) is 0 Å². The first kappa shape index (κ1) is 15.0. The highest BCUT2D eigenvalue weighted by molar-refractivity contribution is 4.83. The average Bonchev–Trinajstić information content (AvgIpc) is 2.28. The van der Waals surface area contributed by atoms with E-state index >= 15 is 0 Å². The zero-order valence-electron chi connectivity index (χ0n) is 12.1. The van der Waals surface area contributed by atoms with Crippen molar-refractivity contribution in [3.63, 3.8) is 0 Å². The topological polar surface area (TPSA) is 32.3 Å². The maximum Gasteiger partial charge on any atom is 0.0445 e. The molecule has 0 radical (unpaired) electrons. The largest absolute Gasteiger partial charge is 0.396 e. The minimum Gasteiger partial charge on any atom is -0.396 e. The first-order valence-corrected chi connectivity index (χ1v) is 7.41. The molecule has 1 rings (SSSR count). The monoisotopic (exact) mass is 241 g/mol. The van der Waals surface area contributed by atoms with Crippen LogP contribution in [-0.4, -0.2) is 23.8 Å². The fraction of sp³-hybridized carbons (Fsp3) is 1.00. The summed E-state index contributed by atoms with van der Waals surface area (Å²) in [5.41, 5.74) is 0. The molecule has 0 bridgehead atoms. The molecule has 1 saturated carbocycles. The van der Waals surface area contributed by atoms with Crippen molar-refractivity contribution in [2.24, 2.45) is 17.8 Å². The molecule has 0 aromatic rings. The molecule has 1 fully saturated rings. The van der Waals surface area contributed by atoms with Crippen LogP contribution < -0.4 is 5.32 Å². The number of hydrogen-bond acceptors (Lipinski definition) is 2. The summed E-state index contributed by atoms with van der Waals surface area (Å²) in [5, 5.41) is 12.9. The molecule has 0 aliphatic heterocycles. The molecule has 1 aliphatic rings. The normalized spacial score (nSPS) is 27.7. The average molecular weight is 241 g/mol. The molecule has 0 heterocycles. The number of rotatable bonds is 6. The van der Waals surface area contributed by atoms with E-state index in [-0.39, 0.29) is 0 Å². The van der Waals surface area contributed by atoms with Gasteiger partial charge in [0.15, 0.2) is 0 Å². The Labute approximate surface area is 107 Å². The summed E-state index contributed by atoms with van der Waals surface area (Å²) in [4.78, 5) is 0. The van der Waals surface area contributed by atoms with Crippen molar-refractivity contribution in [1.82, 2.24) is 5.32 Å². The van der Waals surface area contributed by atoms with Gasteiger partial charge in [0.25, 0.3) is 0 Å². The van der Waals surface area contributed by atoms with Crippen LogP contribution in [0.15, 0.2) is 0 Å². The molecule has 0 amide bonds. The van der Waals surface area contributed by atoms with Crippen molar-refractivity contribution in [2.45, 2.75) is 71.9 Å². The van der Waals surface area contributed by atoms with Crippen molar-refractivity contribution in [3.05, 3.63) is 0 Å². The van der Waals surface area contributed by atoms with Gasteiger partial charge in [-0.05, 0) is 37.0 Å². The van der Waals surface area contributed by atoms with E-state index in [4.69, 9.17) is 5.11 Å². The van der Waals surface area contributed by atoms with E-state index in [1.54, 1.807) is 0 Å². The fourth-order valence-corrected chi connectivity index (χ4v) is 3.04. The highest BCUT2D eigenvalue weighted by Gasteiger charge is 2.26. The third-order valence-corrected chi connectivity index (χ3v) is 4.35. The van der Waals surface area contributed by atoms with Crippen LogP contribution in [0.2, 0.25) is 0 Å². The second-order valence-electron chi connectivity index (χ2n) is 6.40. The smallest absolute Gasteiger partial charge is 0.0445 e. The predicted octanol–water partition coefficient (Wildman–Crippen LogP) is 3.20. The van der Waals surface area contributed by atoms with Crippen LogP contribution in [0.25, 0.3) is 0 Å². The maximum absolute atomic E-state index is 9.12. The quantitative estimate of drug-likeness (QED) is 0.748. The Balaban J connectivity index is 2.43. The zero-order chi connectivity index (χ0) is 12.8. The molecule has 3 atom stereocenters. The lowest BCUT2D eigenvalue weighted by atomic mass is 9.79. The van der Waals surface area contributed by atoms with Gasteiger partial charge in [-0.25, -0.2) is 0 Å². The van der Waals surface area contributed by atoms with E-state index in [1.165, 1.54) is 25.7 Å². The van der Waals surface area contributed by atoms with Gasteiger partial charge in [-0.3, -0.25) is 0 Å². The molecule has 0 spiro atoms. The lowest BCUT2D eigenvalue weighted by molar-refractivity contribution is 0.188. The van der Waals surface area contributed by atoms with Gasteiger partial charge in [0.2, 0.25) is 0 Å². The molecule has 0 saturated heterocycles. The first-order valence-electron chi connectivity index (χ1n) is 7.41. The second kappa shape index (κ2) is 7.38. The molecular formula is C15H31NO. The number of aliphatic hydroxyl groups is 1. The molecular weight excluding hydrogens is 210 g/mol. The van der Waals surface area contributed by atoms with Gasteiger partial charge in [0, 0.05) is 18.7 Å². The van der Waals surface area contributed by atoms with Crippen molar-refractivity contribution in [2.75, 3.05) is 6.61 Å². The van der Waals surface area contributed by atoms with Crippen LogP contribution in [-0.2, 0) is 0 Å². The molecule has 3 unspecified atom stereocenters. The Morgan fingerprint density at radius 3 is 2.41 bits per heavy atom.